The Morgan fingerprint density at radius 1 is 0.682 bits per heavy atom. The number of aryl methyl sites for hydroxylation is 2. The first-order chi connectivity index (χ1) is 10.9. The summed E-state index contributed by atoms with van der Waals surface area (Å²) in [5, 5.41) is 2.39. The van der Waals surface area contributed by atoms with Gasteiger partial charge in [0.05, 0.1) is 11.0 Å². The van der Waals surface area contributed by atoms with Crippen molar-refractivity contribution in [3.8, 4) is 0 Å². The largest absolute Gasteiger partial charge is 0.256 e. The van der Waals surface area contributed by atoms with Gasteiger partial charge in [0, 0.05) is 22.7 Å². The average Bonchev–Trinajstić information content (AvgIpc) is 2.59. The van der Waals surface area contributed by atoms with Crippen molar-refractivity contribution < 1.29 is 0 Å². The fourth-order valence-corrected chi connectivity index (χ4v) is 2.77. The highest BCUT2D eigenvalue weighted by Crippen LogP contribution is 2.16. The molecular weight excluding hydrogens is 268 g/mol. The predicted octanol–water partition coefficient (Wildman–Crippen LogP) is 4.57. The Balaban J connectivity index is 1.57. The molecule has 22 heavy (non-hydrogen) atoms. The van der Waals surface area contributed by atoms with Gasteiger partial charge in [0.1, 0.15) is 0 Å². The maximum absolute atomic E-state index is 4.73. The molecule has 2 heterocycles. The molecule has 0 aliphatic carbocycles. The molecule has 0 aliphatic rings. The summed E-state index contributed by atoms with van der Waals surface area (Å²) in [5.74, 6) is 0. The van der Waals surface area contributed by atoms with Crippen molar-refractivity contribution in [1.82, 2.24) is 9.97 Å². The van der Waals surface area contributed by atoms with E-state index in [1.807, 2.05) is 30.5 Å². The van der Waals surface area contributed by atoms with Gasteiger partial charge in [-0.1, -0.05) is 42.5 Å². The Bertz CT molecular complexity index is 865. The van der Waals surface area contributed by atoms with Gasteiger partial charge in [0.2, 0.25) is 0 Å². The molecule has 0 saturated carbocycles. The molecule has 4 rings (SSSR count). The van der Waals surface area contributed by atoms with E-state index in [4.69, 9.17) is 4.98 Å². The minimum atomic E-state index is 0.935. The van der Waals surface area contributed by atoms with E-state index in [0.717, 1.165) is 29.6 Å². The summed E-state index contributed by atoms with van der Waals surface area (Å²) in [7, 11) is 0. The lowest BCUT2D eigenvalue weighted by molar-refractivity contribution is 0.918. The maximum atomic E-state index is 4.73. The number of hydrogen-bond acceptors (Lipinski definition) is 2. The minimum absolute atomic E-state index is 0.935. The minimum Gasteiger partial charge on any atom is -0.256 e. The SMILES string of the molecule is c1ccc2ncc(CCc3ccc4ccccc4n3)cc2c1. The summed E-state index contributed by atoms with van der Waals surface area (Å²) in [6.45, 7) is 0. The molecule has 2 nitrogen and oxygen atoms in total. The van der Waals surface area contributed by atoms with Crippen molar-refractivity contribution in [2.24, 2.45) is 0 Å². The molecule has 0 unspecified atom stereocenters. The van der Waals surface area contributed by atoms with Crippen LogP contribution in [0.5, 0.6) is 0 Å². The molecule has 2 aromatic heterocycles. The molecule has 0 bridgehead atoms. The zero-order valence-corrected chi connectivity index (χ0v) is 12.2. The van der Waals surface area contributed by atoms with E-state index in [0.29, 0.717) is 0 Å². The van der Waals surface area contributed by atoms with Crippen molar-refractivity contribution in [1.29, 1.82) is 0 Å². The molecule has 2 aromatic carbocycles. The van der Waals surface area contributed by atoms with E-state index in [9.17, 15) is 0 Å². The topological polar surface area (TPSA) is 25.8 Å². The quantitative estimate of drug-likeness (QED) is 0.551. The third-order valence-corrected chi connectivity index (χ3v) is 3.97. The standard InChI is InChI=1S/C20H16N2/c1-4-8-20-16(5-1)10-12-18(22-20)11-9-15-13-17-6-2-3-7-19(17)21-14-15/h1-8,10,12-14H,9,11H2. The Kier molecular flexibility index (Phi) is 3.28. The van der Waals surface area contributed by atoms with Gasteiger partial charge in [0.15, 0.2) is 0 Å². The highest BCUT2D eigenvalue weighted by molar-refractivity contribution is 5.79. The predicted molar refractivity (Wildman–Crippen MR) is 90.9 cm³/mol. The van der Waals surface area contributed by atoms with Crippen molar-refractivity contribution in [3.63, 3.8) is 0 Å². The molecule has 106 valence electrons. The summed E-state index contributed by atoms with van der Waals surface area (Å²) in [4.78, 5) is 9.26. The summed E-state index contributed by atoms with van der Waals surface area (Å²) in [5.41, 5.74) is 4.51. The van der Waals surface area contributed by atoms with Gasteiger partial charge in [-0.15, -0.1) is 0 Å². The van der Waals surface area contributed by atoms with Gasteiger partial charge in [-0.05, 0) is 42.7 Å². The monoisotopic (exact) mass is 284 g/mol. The van der Waals surface area contributed by atoms with Gasteiger partial charge >= 0.3 is 0 Å². The first-order valence-corrected chi connectivity index (χ1v) is 7.57. The van der Waals surface area contributed by atoms with Crippen LogP contribution < -0.4 is 0 Å². The molecule has 0 spiro atoms. The van der Waals surface area contributed by atoms with Crippen LogP contribution in [0, 0.1) is 0 Å². The molecule has 0 fully saturated rings. The van der Waals surface area contributed by atoms with Crippen LogP contribution in [0.2, 0.25) is 0 Å². The number of hydrogen-bond donors (Lipinski definition) is 0. The number of fused-ring (bicyclic) bond motifs is 2. The molecule has 4 aromatic rings. The maximum Gasteiger partial charge on any atom is 0.0705 e. The van der Waals surface area contributed by atoms with Crippen LogP contribution in [0.1, 0.15) is 11.3 Å². The van der Waals surface area contributed by atoms with Crippen LogP contribution in [-0.2, 0) is 12.8 Å². The molecule has 0 amide bonds. The first kappa shape index (κ1) is 13.0. The number of benzene rings is 2. The van der Waals surface area contributed by atoms with Crippen molar-refractivity contribution in [2.75, 3.05) is 0 Å². The molecule has 0 atom stereocenters. The Labute approximate surface area is 129 Å². The van der Waals surface area contributed by atoms with Crippen LogP contribution in [-0.4, -0.2) is 9.97 Å². The number of nitrogens with zero attached hydrogens (tertiary/aromatic N) is 2. The van der Waals surface area contributed by atoms with Crippen molar-refractivity contribution in [2.45, 2.75) is 12.8 Å². The first-order valence-electron chi connectivity index (χ1n) is 7.57. The van der Waals surface area contributed by atoms with Gasteiger partial charge in [-0.25, -0.2) is 0 Å². The van der Waals surface area contributed by atoms with Gasteiger partial charge in [-0.2, -0.15) is 0 Å². The summed E-state index contributed by atoms with van der Waals surface area (Å²) in [6.07, 6.45) is 3.87. The van der Waals surface area contributed by atoms with Crippen molar-refractivity contribution in [3.05, 3.63) is 84.2 Å². The fraction of sp³-hybridized carbons (Fsp3) is 0.100. The van der Waals surface area contributed by atoms with Gasteiger partial charge in [0.25, 0.3) is 0 Å². The van der Waals surface area contributed by atoms with E-state index >= 15 is 0 Å². The number of rotatable bonds is 3. The molecule has 0 saturated heterocycles. The normalized spacial score (nSPS) is 11.1. The zero-order valence-electron chi connectivity index (χ0n) is 12.2. The smallest absolute Gasteiger partial charge is 0.0705 e. The summed E-state index contributed by atoms with van der Waals surface area (Å²) in [6, 6.07) is 23.0. The van der Waals surface area contributed by atoms with E-state index in [1.165, 1.54) is 16.3 Å². The van der Waals surface area contributed by atoms with Crippen LogP contribution in [0.4, 0.5) is 0 Å². The van der Waals surface area contributed by atoms with E-state index < -0.39 is 0 Å². The van der Waals surface area contributed by atoms with Crippen LogP contribution in [0.25, 0.3) is 21.8 Å². The lowest BCUT2D eigenvalue weighted by Gasteiger charge is -2.05. The van der Waals surface area contributed by atoms with Crippen LogP contribution >= 0.6 is 0 Å². The molecule has 0 radical (unpaired) electrons. The molecule has 2 heteroatoms. The highest BCUT2D eigenvalue weighted by atomic mass is 14.7. The lowest BCUT2D eigenvalue weighted by Crippen LogP contribution is -1.95. The highest BCUT2D eigenvalue weighted by Gasteiger charge is 2.01. The second kappa shape index (κ2) is 5.57. The molecule has 0 N–H and O–H groups in total. The summed E-state index contributed by atoms with van der Waals surface area (Å²) < 4.78 is 0. The van der Waals surface area contributed by atoms with E-state index in [1.54, 1.807) is 0 Å². The molecular formula is C20H16N2. The number of para-hydroxylation sites is 2. The van der Waals surface area contributed by atoms with Gasteiger partial charge in [-0.3, -0.25) is 9.97 Å². The Hall–Kier alpha value is -2.74. The molecule has 0 aliphatic heterocycles. The van der Waals surface area contributed by atoms with Crippen LogP contribution in [0.15, 0.2) is 72.9 Å². The van der Waals surface area contributed by atoms with E-state index in [2.05, 4.69) is 47.4 Å². The van der Waals surface area contributed by atoms with Crippen molar-refractivity contribution >= 4 is 21.8 Å². The Morgan fingerprint density at radius 3 is 2.36 bits per heavy atom. The third kappa shape index (κ3) is 2.56. The van der Waals surface area contributed by atoms with Crippen LogP contribution in [0.3, 0.4) is 0 Å². The van der Waals surface area contributed by atoms with E-state index in [-0.39, 0.29) is 0 Å². The average molecular weight is 284 g/mol. The Morgan fingerprint density at radius 2 is 1.45 bits per heavy atom. The number of aromatic nitrogens is 2. The number of pyridine rings is 2. The third-order valence-electron chi connectivity index (χ3n) is 3.97. The summed E-state index contributed by atoms with van der Waals surface area (Å²) >= 11 is 0. The second-order valence-electron chi connectivity index (χ2n) is 5.53. The zero-order chi connectivity index (χ0) is 14.8. The van der Waals surface area contributed by atoms with Gasteiger partial charge < -0.3 is 0 Å². The lowest BCUT2D eigenvalue weighted by atomic mass is 10.1. The second-order valence-corrected chi connectivity index (χ2v) is 5.53. The fourth-order valence-electron chi connectivity index (χ4n) is 2.77.